The fourth-order valence-corrected chi connectivity index (χ4v) is 3.11. The normalized spacial score (nSPS) is 11.3. The fourth-order valence-electron chi connectivity index (χ4n) is 2.61. The van der Waals surface area contributed by atoms with Crippen molar-refractivity contribution in [1.29, 1.82) is 0 Å². The molecule has 0 atom stereocenters. The predicted molar refractivity (Wildman–Crippen MR) is 96.5 cm³/mol. The second-order valence-corrected chi connectivity index (χ2v) is 6.75. The molecule has 0 fully saturated rings. The first-order valence-electron chi connectivity index (χ1n) is 7.84. The van der Waals surface area contributed by atoms with E-state index in [4.69, 9.17) is 5.73 Å². The Labute approximate surface area is 155 Å². The molecule has 1 heterocycles. The van der Waals surface area contributed by atoms with E-state index in [2.05, 4.69) is 5.10 Å². The van der Waals surface area contributed by atoms with Gasteiger partial charge in [0, 0.05) is 11.1 Å². The van der Waals surface area contributed by atoms with E-state index in [0.29, 0.717) is 22.5 Å². The van der Waals surface area contributed by atoms with Gasteiger partial charge in [-0.15, -0.1) is 0 Å². The molecule has 27 heavy (non-hydrogen) atoms. The van der Waals surface area contributed by atoms with Crippen LogP contribution in [0.4, 0.5) is 8.78 Å². The van der Waals surface area contributed by atoms with Gasteiger partial charge in [0.1, 0.15) is 16.4 Å². The van der Waals surface area contributed by atoms with E-state index in [-0.39, 0.29) is 11.3 Å². The van der Waals surface area contributed by atoms with Crippen molar-refractivity contribution in [2.75, 3.05) is 0 Å². The van der Waals surface area contributed by atoms with Crippen LogP contribution in [0.2, 0.25) is 0 Å². The molecule has 9 heteroatoms. The molecular formula is C18H15F2N3O3S. The molecular weight excluding hydrogens is 376 g/mol. The lowest BCUT2D eigenvalue weighted by Crippen LogP contribution is -2.11. The summed E-state index contributed by atoms with van der Waals surface area (Å²) in [7, 11) is -2.55. The van der Waals surface area contributed by atoms with E-state index >= 15 is 0 Å². The number of halogens is 2. The molecule has 0 unspecified atom stereocenters. The van der Waals surface area contributed by atoms with E-state index in [1.54, 1.807) is 36.4 Å². The number of alkyl halides is 2. The molecule has 2 aromatic carbocycles. The Bertz CT molecular complexity index is 1030. The highest BCUT2D eigenvalue weighted by Crippen LogP contribution is 2.28. The SMILES string of the molecule is NC(=O)c1ccc(-n2nc(C(F)F)cc2-c2ccc(C[SH](=O)=O)cc2)cc1. The zero-order valence-corrected chi connectivity index (χ0v) is 14.8. The van der Waals surface area contributed by atoms with Crippen molar-refractivity contribution in [1.82, 2.24) is 9.78 Å². The summed E-state index contributed by atoms with van der Waals surface area (Å²) in [6.45, 7) is 0. The predicted octanol–water partition coefficient (Wildman–Crippen LogP) is 2.69. The number of amides is 1. The van der Waals surface area contributed by atoms with Crippen LogP contribution in [0.15, 0.2) is 54.6 Å². The van der Waals surface area contributed by atoms with Crippen molar-refractivity contribution >= 4 is 16.6 Å². The maximum atomic E-state index is 13.2. The lowest BCUT2D eigenvalue weighted by molar-refractivity contribution is 0.1000. The van der Waals surface area contributed by atoms with Gasteiger partial charge in [0.25, 0.3) is 6.43 Å². The van der Waals surface area contributed by atoms with Crippen molar-refractivity contribution in [2.45, 2.75) is 12.2 Å². The van der Waals surface area contributed by atoms with E-state index in [1.165, 1.54) is 22.9 Å². The number of carbonyl (C=O) groups is 1. The number of thiol groups is 1. The van der Waals surface area contributed by atoms with Crippen LogP contribution in [0.1, 0.15) is 28.0 Å². The van der Waals surface area contributed by atoms with E-state index in [9.17, 15) is 22.0 Å². The van der Waals surface area contributed by atoms with Crippen molar-refractivity contribution in [2.24, 2.45) is 5.73 Å². The molecule has 3 aromatic rings. The Hall–Kier alpha value is -3.07. The smallest absolute Gasteiger partial charge is 0.282 e. The number of nitrogens with zero attached hydrogens (tertiary/aromatic N) is 2. The third-order valence-electron chi connectivity index (χ3n) is 3.91. The quantitative estimate of drug-likeness (QED) is 0.632. The summed E-state index contributed by atoms with van der Waals surface area (Å²) in [5.41, 5.74) is 7.19. The number of hydrogen-bond acceptors (Lipinski definition) is 4. The van der Waals surface area contributed by atoms with Crippen molar-refractivity contribution in [3.8, 4) is 16.9 Å². The van der Waals surface area contributed by atoms with Gasteiger partial charge in [0.15, 0.2) is 0 Å². The number of hydrogen-bond donors (Lipinski definition) is 2. The minimum atomic E-state index is -2.75. The first-order chi connectivity index (χ1) is 12.8. The highest BCUT2D eigenvalue weighted by molar-refractivity contribution is 7.71. The molecule has 0 aliphatic carbocycles. The minimum absolute atomic E-state index is 0.0915. The summed E-state index contributed by atoms with van der Waals surface area (Å²) in [5.74, 6) is -0.686. The maximum absolute atomic E-state index is 13.2. The molecule has 1 aromatic heterocycles. The molecule has 6 nitrogen and oxygen atoms in total. The Morgan fingerprint density at radius 3 is 2.22 bits per heavy atom. The van der Waals surface area contributed by atoms with E-state index in [1.807, 2.05) is 0 Å². The fraction of sp³-hybridized carbons (Fsp3) is 0.111. The van der Waals surface area contributed by atoms with Crippen LogP contribution in [-0.4, -0.2) is 24.1 Å². The van der Waals surface area contributed by atoms with E-state index < -0.39 is 28.7 Å². The molecule has 0 aliphatic heterocycles. The summed E-state index contributed by atoms with van der Waals surface area (Å²) in [5, 5.41) is 3.96. The van der Waals surface area contributed by atoms with Crippen LogP contribution >= 0.6 is 0 Å². The molecule has 0 spiro atoms. The minimum Gasteiger partial charge on any atom is -0.366 e. The van der Waals surface area contributed by atoms with Gasteiger partial charge in [-0.3, -0.25) is 4.79 Å². The molecule has 0 bridgehead atoms. The number of nitrogens with two attached hydrogens (primary N) is 1. The van der Waals surface area contributed by atoms with Gasteiger partial charge in [-0.25, -0.2) is 21.9 Å². The Morgan fingerprint density at radius 2 is 1.70 bits per heavy atom. The lowest BCUT2D eigenvalue weighted by Gasteiger charge is -2.08. The van der Waals surface area contributed by atoms with Crippen LogP contribution < -0.4 is 5.73 Å². The van der Waals surface area contributed by atoms with Gasteiger partial charge in [0.05, 0.1) is 17.1 Å². The topological polar surface area (TPSA) is 95.1 Å². The van der Waals surface area contributed by atoms with Crippen molar-refractivity contribution in [3.63, 3.8) is 0 Å². The standard InChI is InChI=1S/C18H15F2N3O3S/c19-17(20)15-9-16(12-3-1-11(2-4-12)10-27(25)26)23(22-15)14-7-5-13(6-8-14)18(21)24/h1-9,17,27H,10H2,(H2,21,24). The van der Waals surface area contributed by atoms with Crippen molar-refractivity contribution in [3.05, 3.63) is 71.4 Å². The summed E-state index contributed by atoms with van der Waals surface area (Å²) in [4.78, 5) is 11.2. The molecule has 0 saturated carbocycles. The monoisotopic (exact) mass is 391 g/mol. The number of rotatable bonds is 6. The second-order valence-electron chi connectivity index (χ2n) is 5.77. The highest BCUT2D eigenvalue weighted by Gasteiger charge is 2.18. The molecule has 3 rings (SSSR count). The van der Waals surface area contributed by atoms with Gasteiger partial charge in [-0.1, -0.05) is 24.3 Å². The summed E-state index contributed by atoms with van der Waals surface area (Å²) < 4.78 is 49.3. The van der Waals surface area contributed by atoms with Crippen LogP contribution in [0, 0.1) is 0 Å². The summed E-state index contributed by atoms with van der Waals surface area (Å²) in [6.07, 6.45) is -2.75. The zero-order valence-electron chi connectivity index (χ0n) is 13.9. The second kappa shape index (κ2) is 7.67. The average molecular weight is 391 g/mol. The van der Waals surface area contributed by atoms with Crippen molar-refractivity contribution < 1.29 is 22.0 Å². The third kappa shape index (κ3) is 4.20. The van der Waals surface area contributed by atoms with Crippen LogP contribution in [0.5, 0.6) is 0 Å². The van der Waals surface area contributed by atoms with Crippen LogP contribution in [0.3, 0.4) is 0 Å². The molecule has 1 amide bonds. The Morgan fingerprint density at radius 1 is 1.07 bits per heavy atom. The number of aromatic nitrogens is 2. The average Bonchev–Trinajstić information content (AvgIpc) is 3.07. The lowest BCUT2D eigenvalue weighted by atomic mass is 10.1. The molecule has 140 valence electrons. The number of primary amides is 1. The van der Waals surface area contributed by atoms with Gasteiger partial charge in [0.2, 0.25) is 5.91 Å². The Balaban J connectivity index is 2.05. The summed E-state index contributed by atoms with van der Waals surface area (Å²) >= 11 is 0. The largest absolute Gasteiger partial charge is 0.366 e. The maximum Gasteiger partial charge on any atom is 0.282 e. The van der Waals surface area contributed by atoms with Gasteiger partial charge in [-0.2, -0.15) is 5.10 Å². The molecule has 0 aliphatic rings. The van der Waals surface area contributed by atoms with E-state index in [0.717, 1.165) is 0 Å². The zero-order chi connectivity index (χ0) is 19.6. The first-order valence-corrected chi connectivity index (χ1v) is 9.21. The van der Waals surface area contributed by atoms with Gasteiger partial charge < -0.3 is 5.73 Å². The first kappa shape index (κ1) is 18.7. The van der Waals surface area contributed by atoms with Gasteiger partial charge in [-0.05, 0) is 35.9 Å². The number of benzene rings is 2. The molecule has 0 radical (unpaired) electrons. The van der Waals surface area contributed by atoms with Crippen LogP contribution in [-0.2, 0) is 16.5 Å². The Kier molecular flexibility index (Phi) is 5.31. The highest BCUT2D eigenvalue weighted by atomic mass is 32.2. The number of carbonyl (C=O) groups excluding carboxylic acids is 1. The molecule has 0 saturated heterocycles. The van der Waals surface area contributed by atoms with Gasteiger partial charge >= 0.3 is 0 Å². The van der Waals surface area contributed by atoms with Crippen LogP contribution in [0.25, 0.3) is 16.9 Å². The summed E-state index contributed by atoms with van der Waals surface area (Å²) in [6, 6.07) is 13.9. The molecule has 2 N–H and O–H groups in total. The third-order valence-corrected chi connectivity index (χ3v) is 4.53.